The Morgan fingerprint density at radius 2 is 2.03 bits per heavy atom. The van der Waals surface area contributed by atoms with Crippen LogP contribution in [-0.2, 0) is 6.42 Å². The molecule has 0 aliphatic heterocycles. The minimum Gasteiger partial charge on any atom is -0.337 e. The quantitative estimate of drug-likeness (QED) is 0.436. The van der Waals surface area contributed by atoms with Crippen LogP contribution in [0.5, 0.6) is 0 Å². The van der Waals surface area contributed by atoms with Gasteiger partial charge in [0.25, 0.3) is 0 Å². The molecule has 2 aliphatic rings. The zero-order valence-corrected chi connectivity index (χ0v) is 21.7. The Hall–Kier alpha value is -3.52. The van der Waals surface area contributed by atoms with Crippen molar-refractivity contribution in [3.8, 4) is 5.69 Å². The van der Waals surface area contributed by atoms with Crippen molar-refractivity contribution in [3.63, 3.8) is 0 Å². The number of carbonyl (C=O) groups is 1. The van der Waals surface area contributed by atoms with E-state index in [0.717, 1.165) is 43.5 Å². The van der Waals surface area contributed by atoms with E-state index in [1.54, 1.807) is 18.3 Å². The molecule has 1 unspecified atom stereocenters. The van der Waals surface area contributed by atoms with E-state index in [1.165, 1.54) is 34.5 Å². The van der Waals surface area contributed by atoms with Gasteiger partial charge in [0.15, 0.2) is 0 Å². The second-order valence-corrected chi connectivity index (χ2v) is 10.4. The lowest BCUT2D eigenvalue weighted by Crippen LogP contribution is -2.41. The Morgan fingerprint density at radius 1 is 1.22 bits per heavy atom. The molecular formula is C29H35FN6O. The molecule has 7 nitrogen and oxygen atoms in total. The largest absolute Gasteiger partial charge is 0.337 e. The lowest BCUT2D eigenvalue weighted by atomic mass is 9.78. The summed E-state index contributed by atoms with van der Waals surface area (Å²) in [6.07, 6.45) is 9.40. The van der Waals surface area contributed by atoms with Gasteiger partial charge in [0.1, 0.15) is 5.82 Å². The number of urea groups is 1. The highest BCUT2D eigenvalue weighted by Gasteiger charge is 2.37. The normalized spacial score (nSPS) is 19.5. The van der Waals surface area contributed by atoms with Crippen LogP contribution in [0.25, 0.3) is 5.69 Å². The standard InChI is InChI=1S/C29H35FN6O/c1-19-25-18-33-36(24-10-8-23(30)9-11-24)27(25)16-21-7-6-20(28(19)21)15-26(22-5-4-12-31-17-22)34-29(37)32-13-14-35(2)3/h4-5,8-12,17-20,26H,6-7,13-16H2,1-3H3,(H2,32,34,37)/t19-,20+,26?/m0/s1. The van der Waals surface area contributed by atoms with Crippen molar-refractivity contribution < 1.29 is 9.18 Å². The number of allylic oxidation sites excluding steroid dienone is 2. The van der Waals surface area contributed by atoms with Gasteiger partial charge in [-0.2, -0.15) is 5.10 Å². The van der Waals surface area contributed by atoms with Crippen LogP contribution < -0.4 is 10.6 Å². The van der Waals surface area contributed by atoms with Gasteiger partial charge in [-0.1, -0.05) is 24.1 Å². The molecule has 8 heteroatoms. The van der Waals surface area contributed by atoms with Gasteiger partial charge in [-0.15, -0.1) is 0 Å². The van der Waals surface area contributed by atoms with Gasteiger partial charge in [0.2, 0.25) is 0 Å². The lowest BCUT2D eigenvalue weighted by Gasteiger charge is -2.29. The number of hydrogen-bond donors (Lipinski definition) is 2. The molecule has 2 amide bonds. The molecule has 3 atom stereocenters. The van der Waals surface area contributed by atoms with Crippen molar-refractivity contribution in [2.75, 3.05) is 27.2 Å². The van der Waals surface area contributed by atoms with Crippen LogP contribution >= 0.6 is 0 Å². The number of likely N-dealkylation sites (N-methyl/N-ethyl adjacent to an activating group) is 1. The average Bonchev–Trinajstić information content (AvgIpc) is 3.49. The predicted octanol–water partition coefficient (Wildman–Crippen LogP) is 4.76. The molecule has 2 aliphatic carbocycles. The molecule has 37 heavy (non-hydrogen) atoms. The predicted molar refractivity (Wildman–Crippen MR) is 142 cm³/mol. The number of hydrogen-bond acceptors (Lipinski definition) is 4. The van der Waals surface area contributed by atoms with Crippen LogP contribution in [0.1, 0.15) is 55.0 Å². The first-order valence-corrected chi connectivity index (χ1v) is 13.0. The van der Waals surface area contributed by atoms with Gasteiger partial charge in [0, 0.05) is 43.4 Å². The molecular weight excluding hydrogens is 467 g/mol. The molecule has 0 spiro atoms. The Balaban J connectivity index is 1.35. The van der Waals surface area contributed by atoms with E-state index in [9.17, 15) is 9.18 Å². The first kappa shape index (κ1) is 25.1. The Morgan fingerprint density at radius 3 is 2.76 bits per heavy atom. The van der Waals surface area contributed by atoms with E-state index in [0.29, 0.717) is 12.5 Å². The second kappa shape index (κ2) is 10.8. The smallest absolute Gasteiger partial charge is 0.315 e. The number of benzene rings is 1. The van der Waals surface area contributed by atoms with Gasteiger partial charge in [-0.25, -0.2) is 13.9 Å². The summed E-state index contributed by atoms with van der Waals surface area (Å²) in [6.45, 7) is 3.65. The Bertz CT molecular complexity index is 1270. The minimum absolute atomic E-state index is 0.125. The fourth-order valence-corrected chi connectivity index (χ4v) is 5.88. The van der Waals surface area contributed by atoms with Crippen LogP contribution in [0.3, 0.4) is 0 Å². The molecule has 3 aromatic rings. The van der Waals surface area contributed by atoms with Gasteiger partial charge < -0.3 is 15.5 Å². The number of halogens is 1. The van der Waals surface area contributed by atoms with Crippen LogP contribution in [0.2, 0.25) is 0 Å². The molecule has 1 aromatic carbocycles. The summed E-state index contributed by atoms with van der Waals surface area (Å²) in [6, 6.07) is 10.2. The van der Waals surface area contributed by atoms with Crippen molar-refractivity contribution in [2.45, 2.75) is 44.6 Å². The van der Waals surface area contributed by atoms with Crippen molar-refractivity contribution in [1.82, 2.24) is 30.3 Å². The number of pyridine rings is 1. The number of carbonyl (C=O) groups excluding carboxylic acids is 1. The highest BCUT2D eigenvalue weighted by molar-refractivity contribution is 5.74. The van der Waals surface area contributed by atoms with Crippen LogP contribution in [0.4, 0.5) is 9.18 Å². The van der Waals surface area contributed by atoms with E-state index in [-0.39, 0.29) is 23.8 Å². The maximum Gasteiger partial charge on any atom is 0.315 e. The van der Waals surface area contributed by atoms with Crippen molar-refractivity contribution in [2.24, 2.45) is 5.92 Å². The monoisotopic (exact) mass is 502 g/mol. The zero-order chi connectivity index (χ0) is 25.9. The van der Waals surface area contributed by atoms with Crippen LogP contribution in [-0.4, -0.2) is 52.9 Å². The van der Waals surface area contributed by atoms with Crippen molar-refractivity contribution in [3.05, 3.63) is 88.8 Å². The fourth-order valence-electron chi connectivity index (χ4n) is 5.88. The maximum absolute atomic E-state index is 13.5. The number of nitrogens with one attached hydrogen (secondary N) is 2. The van der Waals surface area contributed by atoms with E-state index in [2.05, 4.69) is 27.6 Å². The molecule has 0 saturated carbocycles. The maximum atomic E-state index is 13.5. The molecule has 2 N–H and O–H groups in total. The third-order valence-electron chi connectivity index (χ3n) is 7.69. The summed E-state index contributed by atoms with van der Waals surface area (Å²) in [5.74, 6) is 0.383. The lowest BCUT2D eigenvalue weighted by molar-refractivity contribution is 0.233. The van der Waals surface area contributed by atoms with E-state index in [1.807, 2.05) is 48.2 Å². The number of fused-ring (bicyclic) bond motifs is 1. The number of aromatic nitrogens is 3. The Labute approximate surface area is 217 Å². The van der Waals surface area contributed by atoms with E-state index in [4.69, 9.17) is 0 Å². The molecule has 0 saturated heterocycles. The fraction of sp³-hybridized carbons (Fsp3) is 0.414. The molecule has 2 aromatic heterocycles. The van der Waals surface area contributed by atoms with Crippen molar-refractivity contribution >= 4 is 6.03 Å². The topological polar surface area (TPSA) is 75.1 Å². The van der Waals surface area contributed by atoms with Gasteiger partial charge in [-0.3, -0.25) is 4.98 Å². The number of nitrogens with zero attached hydrogens (tertiary/aromatic N) is 4. The van der Waals surface area contributed by atoms with Gasteiger partial charge >= 0.3 is 6.03 Å². The van der Waals surface area contributed by atoms with E-state index >= 15 is 0 Å². The molecule has 0 bridgehead atoms. The number of amides is 2. The first-order chi connectivity index (χ1) is 17.9. The summed E-state index contributed by atoms with van der Waals surface area (Å²) in [4.78, 5) is 19.1. The summed E-state index contributed by atoms with van der Waals surface area (Å²) in [5, 5.41) is 10.9. The molecule has 0 fully saturated rings. The van der Waals surface area contributed by atoms with Crippen molar-refractivity contribution in [1.29, 1.82) is 0 Å². The highest BCUT2D eigenvalue weighted by Crippen LogP contribution is 2.49. The molecule has 5 rings (SSSR count). The SMILES string of the molecule is C[C@@H]1C2=C(CC[C@@H]2CC(NC(=O)NCCN(C)C)c2cccnc2)Cc2c1cnn2-c1ccc(F)cc1. The minimum atomic E-state index is -0.245. The van der Waals surface area contributed by atoms with Crippen LogP contribution in [0.15, 0.2) is 66.1 Å². The number of rotatable bonds is 8. The summed E-state index contributed by atoms with van der Waals surface area (Å²) in [7, 11) is 3.98. The molecule has 194 valence electrons. The summed E-state index contributed by atoms with van der Waals surface area (Å²) in [5.41, 5.74) is 7.31. The van der Waals surface area contributed by atoms with Crippen LogP contribution in [0, 0.1) is 11.7 Å². The highest BCUT2D eigenvalue weighted by atomic mass is 19.1. The third kappa shape index (κ3) is 5.44. The average molecular weight is 503 g/mol. The first-order valence-electron chi connectivity index (χ1n) is 13.0. The van der Waals surface area contributed by atoms with Gasteiger partial charge in [-0.05, 0) is 75.2 Å². The zero-order valence-electron chi connectivity index (χ0n) is 21.7. The van der Waals surface area contributed by atoms with Gasteiger partial charge in [0.05, 0.1) is 23.6 Å². The van der Waals surface area contributed by atoms with E-state index < -0.39 is 0 Å². The molecule has 2 heterocycles. The summed E-state index contributed by atoms with van der Waals surface area (Å²) >= 11 is 0. The Kier molecular flexibility index (Phi) is 7.37. The molecule has 0 radical (unpaired) electrons. The second-order valence-electron chi connectivity index (χ2n) is 10.4. The third-order valence-corrected chi connectivity index (χ3v) is 7.69. The summed E-state index contributed by atoms with van der Waals surface area (Å²) < 4.78 is 15.4.